The fourth-order valence-electron chi connectivity index (χ4n) is 3.32. The fourth-order valence-corrected chi connectivity index (χ4v) is 5.98. The summed E-state index contributed by atoms with van der Waals surface area (Å²) >= 11 is 0. The minimum atomic E-state index is -4.36. The molecule has 0 unspecified atom stereocenters. The van der Waals surface area contributed by atoms with E-state index in [9.17, 15) is 26.7 Å². The minimum Gasteiger partial charge on any atom is -0.507 e. The Hall–Kier alpha value is -3.47. The fraction of sp³-hybridized carbons (Fsp3) is 0.0455. The van der Waals surface area contributed by atoms with E-state index in [1.54, 1.807) is 12.1 Å². The van der Waals surface area contributed by atoms with Gasteiger partial charge in [0.15, 0.2) is 15.6 Å². The molecule has 0 aliphatic carbocycles. The average molecular weight is 472 g/mol. The summed E-state index contributed by atoms with van der Waals surface area (Å²) in [6.45, 7) is 0. The van der Waals surface area contributed by atoms with Gasteiger partial charge < -0.3 is 9.52 Å². The highest BCUT2D eigenvalue weighted by Gasteiger charge is 2.28. The SMILES string of the molecule is NS(=O)(=O)c1ccccc1S(=O)(=O)CC(=O)c1ccc(-c2cc3ccccc3o2)cc1O. The van der Waals surface area contributed by atoms with Gasteiger partial charge in [-0.2, -0.15) is 0 Å². The van der Waals surface area contributed by atoms with Gasteiger partial charge >= 0.3 is 0 Å². The summed E-state index contributed by atoms with van der Waals surface area (Å²) in [7, 11) is -8.68. The van der Waals surface area contributed by atoms with Gasteiger partial charge in [0.25, 0.3) is 0 Å². The monoisotopic (exact) mass is 471 g/mol. The molecule has 0 atom stereocenters. The maximum atomic E-state index is 12.7. The highest BCUT2D eigenvalue weighted by atomic mass is 32.2. The molecule has 1 heterocycles. The van der Waals surface area contributed by atoms with Gasteiger partial charge in [-0.25, -0.2) is 22.0 Å². The van der Waals surface area contributed by atoms with Gasteiger partial charge in [0, 0.05) is 10.9 Å². The summed E-state index contributed by atoms with van der Waals surface area (Å²) in [6, 6.07) is 18.0. The Morgan fingerprint density at radius 3 is 2.19 bits per heavy atom. The number of hydrogen-bond donors (Lipinski definition) is 2. The quantitative estimate of drug-likeness (QED) is 0.411. The van der Waals surface area contributed by atoms with Crippen molar-refractivity contribution < 1.29 is 31.2 Å². The molecule has 10 heteroatoms. The number of phenols is 1. The molecule has 4 rings (SSSR count). The van der Waals surface area contributed by atoms with Crippen molar-refractivity contribution in [1.82, 2.24) is 0 Å². The summed E-state index contributed by atoms with van der Waals surface area (Å²) < 4.78 is 54.7. The third-order valence-electron chi connectivity index (χ3n) is 4.82. The van der Waals surface area contributed by atoms with Crippen LogP contribution in [0, 0.1) is 0 Å². The number of sulfone groups is 1. The molecule has 0 saturated carbocycles. The standard InChI is InChI=1S/C22H17NO7S2/c23-32(28,29)22-8-4-3-7-21(22)31(26,27)13-18(25)16-10-9-15(11-17(16)24)20-12-14-5-1-2-6-19(14)30-20/h1-12,24H,13H2,(H2,23,28,29). The van der Waals surface area contributed by atoms with E-state index < -0.39 is 46.9 Å². The number of carbonyl (C=O) groups excluding carboxylic acids is 1. The molecule has 0 radical (unpaired) electrons. The average Bonchev–Trinajstić information content (AvgIpc) is 3.17. The van der Waals surface area contributed by atoms with Crippen molar-refractivity contribution in [3.8, 4) is 17.1 Å². The van der Waals surface area contributed by atoms with Crippen LogP contribution in [-0.4, -0.2) is 33.5 Å². The molecule has 1 aromatic heterocycles. The van der Waals surface area contributed by atoms with E-state index in [2.05, 4.69) is 0 Å². The molecule has 0 aliphatic rings. The van der Waals surface area contributed by atoms with E-state index in [-0.39, 0.29) is 5.56 Å². The predicted octanol–water partition coefficient (Wildman–Crippen LogP) is 3.11. The van der Waals surface area contributed by atoms with Gasteiger partial charge in [0.05, 0.1) is 10.5 Å². The van der Waals surface area contributed by atoms with Crippen LogP contribution in [0.3, 0.4) is 0 Å². The van der Waals surface area contributed by atoms with Gasteiger partial charge in [-0.1, -0.05) is 36.4 Å². The number of primary sulfonamides is 1. The molecule has 164 valence electrons. The van der Waals surface area contributed by atoms with E-state index in [0.717, 1.165) is 17.5 Å². The normalized spacial score (nSPS) is 12.2. The van der Waals surface area contributed by atoms with Gasteiger partial charge in [0.2, 0.25) is 10.0 Å². The zero-order valence-electron chi connectivity index (χ0n) is 16.4. The lowest BCUT2D eigenvalue weighted by Crippen LogP contribution is -2.21. The molecule has 8 nitrogen and oxygen atoms in total. The summed E-state index contributed by atoms with van der Waals surface area (Å²) in [5.41, 5.74) is 0.931. The Labute approximate surface area is 183 Å². The Morgan fingerprint density at radius 1 is 0.875 bits per heavy atom. The molecule has 0 amide bonds. The lowest BCUT2D eigenvalue weighted by molar-refractivity contribution is 0.101. The first-order valence-corrected chi connectivity index (χ1v) is 12.5. The molecule has 0 fully saturated rings. The maximum absolute atomic E-state index is 12.7. The number of hydrogen-bond acceptors (Lipinski definition) is 7. The molecule has 3 aromatic carbocycles. The summed E-state index contributed by atoms with van der Waals surface area (Å²) in [6.07, 6.45) is 0. The van der Waals surface area contributed by atoms with Crippen LogP contribution in [0.15, 0.2) is 87.0 Å². The van der Waals surface area contributed by atoms with Crippen LogP contribution in [0.4, 0.5) is 0 Å². The largest absolute Gasteiger partial charge is 0.507 e. The lowest BCUT2D eigenvalue weighted by Gasteiger charge is -2.10. The van der Waals surface area contributed by atoms with Crippen molar-refractivity contribution in [2.75, 3.05) is 5.75 Å². The summed E-state index contributed by atoms with van der Waals surface area (Å²) in [5.74, 6) is -1.90. The number of rotatable bonds is 6. The second kappa shape index (κ2) is 7.90. The van der Waals surface area contributed by atoms with Crippen LogP contribution < -0.4 is 5.14 Å². The van der Waals surface area contributed by atoms with E-state index in [1.165, 1.54) is 30.3 Å². The first kappa shape index (κ1) is 21.8. The maximum Gasteiger partial charge on any atom is 0.239 e. The Morgan fingerprint density at radius 2 is 1.53 bits per heavy atom. The van der Waals surface area contributed by atoms with Gasteiger partial charge in [-0.3, -0.25) is 4.79 Å². The van der Waals surface area contributed by atoms with Crippen molar-refractivity contribution in [2.24, 2.45) is 5.14 Å². The van der Waals surface area contributed by atoms with Crippen molar-refractivity contribution in [3.63, 3.8) is 0 Å². The Kier molecular flexibility index (Phi) is 5.37. The van der Waals surface area contributed by atoms with E-state index in [4.69, 9.17) is 9.56 Å². The first-order valence-electron chi connectivity index (χ1n) is 9.26. The number of nitrogens with two attached hydrogens (primary N) is 1. The number of ketones is 1. The topological polar surface area (TPSA) is 145 Å². The molecular formula is C22H17NO7S2. The zero-order valence-corrected chi connectivity index (χ0v) is 18.1. The van der Waals surface area contributed by atoms with Crippen LogP contribution in [-0.2, 0) is 19.9 Å². The number of sulfonamides is 1. The van der Waals surface area contributed by atoms with E-state index in [0.29, 0.717) is 16.9 Å². The number of carbonyl (C=O) groups is 1. The molecule has 0 saturated heterocycles. The third kappa shape index (κ3) is 4.15. The molecular weight excluding hydrogens is 454 g/mol. The number of furan rings is 1. The molecule has 32 heavy (non-hydrogen) atoms. The number of phenolic OH excluding ortho intramolecular Hbond substituents is 1. The van der Waals surface area contributed by atoms with E-state index >= 15 is 0 Å². The van der Waals surface area contributed by atoms with Gasteiger partial charge in [-0.15, -0.1) is 0 Å². The van der Waals surface area contributed by atoms with Crippen LogP contribution in [0.2, 0.25) is 0 Å². The first-order chi connectivity index (χ1) is 15.1. The number of Topliss-reactive ketones (excluding diaryl/α,β-unsaturated/α-hetero) is 1. The molecule has 0 aliphatic heterocycles. The summed E-state index contributed by atoms with van der Waals surface area (Å²) in [5, 5.41) is 16.3. The summed E-state index contributed by atoms with van der Waals surface area (Å²) in [4.78, 5) is 11.5. The van der Waals surface area contributed by atoms with Crippen molar-refractivity contribution in [1.29, 1.82) is 0 Å². The van der Waals surface area contributed by atoms with Crippen LogP contribution >= 0.6 is 0 Å². The predicted molar refractivity (Wildman–Crippen MR) is 118 cm³/mol. The molecule has 0 bridgehead atoms. The Bertz CT molecular complexity index is 1540. The van der Waals surface area contributed by atoms with Crippen LogP contribution in [0.25, 0.3) is 22.3 Å². The lowest BCUT2D eigenvalue weighted by atomic mass is 10.1. The smallest absolute Gasteiger partial charge is 0.239 e. The van der Waals surface area contributed by atoms with Crippen LogP contribution in [0.5, 0.6) is 5.75 Å². The minimum absolute atomic E-state index is 0.221. The van der Waals surface area contributed by atoms with E-state index in [1.807, 2.05) is 18.2 Å². The van der Waals surface area contributed by atoms with Gasteiger partial charge in [0.1, 0.15) is 27.7 Å². The molecule has 3 N–H and O–H groups in total. The molecule has 0 spiro atoms. The molecule has 4 aromatic rings. The number of fused-ring (bicyclic) bond motifs is 1. The van der Waals surface area contributed by atoms with Crippen molar-refractivity contribution >= 4 is 36.6 Å². The van der Waals surface area contributed by atoms with Gasteiger partial charge in [-0.05, 0) is 36.4 Å². The third-order valence-corrected chi connectivity index (χ3v) is 7.59. The highest BCUT2D eigenvalue weighted by molar-refractivity contribution is 7.94. The second-order valence-electron chi connectivity index (χ2n) is 7.05. The number of para-hydroxylation sites is 1. The number of aromatic hydroxyl groups is 1. The Balaban J connectivity index is 1.64. The van der Waals surface area contributed by atoms with Crippen molar-refractivity contribution in [3.05, 3.63) is 78.4 Å². The van der Waals surface area contributed by atoms with Crippen LogP contribution in [0.1, 0.15) is 10.4 Å². The second-order valence-corrected chi connectivity index (χ2v) is 10.5. The van der Waals surface area contributed by atoms with Crippen molar-refractivity contribution in [2.45, 2.75) is 9.79 Å². The zero-order chi connectivity index (χ0) is 23.1. The highest BCUT2D eigenvalue weighted by Crippen LogP contribution is 2.32. The number of benzene rings is 3.